The molecule has 0 radical (unpaired) electrons. The van der Waals surface area contributed by atoms with Gasteiger partial charge in [-0.25, -0.2) is 4.98 Å². The quantitative estimate of drug-likeness (QED) is 0.174. The van der Waals surface area contributed by atoms with Gasteiger partial charge in [-0.1, -0.05) is 169 Å². The number of benzene rings is 7. The number of nitrogens with zero attached hydrogens (tertiary/aromatic N) is 4. The third-order valence-corrected chi connectivity index (χ3v) is 11.7. The van der Waals surface area contributed by atoms with E-state index >= 15 is 0 Å². The maximum atomic E-state index is 12.4. The van der Waals surface area contributed by atoms with Crippen LogP contribution in [-0.2, 0) is 10.8 Å². The predicted molar refractivity (Wildman–Crippen MR) is 255 cm³/mol. The van der Waals surface area contributed by atoms with Gasteiger partial charge in [-0.2, -0.15) is 5.26 Å². The van der Waals surface area contributed by atoms with Crippen LogP contribution in [0.2, 0.25) is 0 Å². The summed E-state index contributed by atoms with van der Waals surface area (Å²) in [4.78, 5) is 10.6. The Morgan fingerprint density at radius 1 is 0.516 bits per heavy atom. The van der Waals surface area contributed by atoms with Gasteiger partial charge in [-0.05, 0) is 86.7 Å². The topological polar surface area (TPSA) is 74.7 Å². The molecule has 2 aromatic heterocycles. The number of para-hydroxylation sites is 2. The Morgan fingerprint density at radius 3 is 1.74 bits per heavy atom. The highest BCUT2D eigenvalue weighted by Crippen LogP contribution is 2.46. The van der Waals surface area contributed by atoms with Crippen molar-refractivity contribution in [1.82, 2.24) is 14.5 Å². The van der Waals surface area contributed by atoms with Crippen LogP contribution in [0, 0.1) is 11.3 Å². The zero-order valence-corrected chi connectivity index (χ0v) is 36.0. The van der Waals surface area contributed by atoms with E-state index in [1.807, 2.05) is 60.7 Å². The molecule has 62 heavy (non-hydrogen) atoms. The second-order valence-corrected chi connectivity index (χ2v) is 18.0. The van der Waals surface area contributed by atoms with Gasteiger partial charge in [0.1, 0.15) is 11.6 Å². The van der Waals surface area contributed by atoms with E-state index in [9.17, 15) is 10.4 Å². The van der Waals surface area contributed by atoms with Crippen LogP contribution in [0.1, 0.15) is 58.2 Å². The van der Waals surface area contributed by atoms with Crippen LogP contribution >= 0.6 is 0 Å². The molecular weight excluding hydrogens is 757 g/mol. The van der Waals surface area contributed by atoms with Crippen LogP contribution < -0.4 is 0 Å². The Hall–Kier alpha value is -7.55. The van der Waals surface area contributed by atoms with Gasteiger partial charge in [0.25, 0.3) is 0 Å². The Bertz CT molecular complexity index is 3140. The summed E-state index contributed by atoms with van der Waals surface area (Å²) < 4.78 is 2.22. The molecule has 1 N–H and O–H groups in total. The van der Waals surface area contributed by atoms with Crippen molar-refractivity contribution in [1.29, 1.82) is 5.26 Å². The number of fused-ring (bicyclic) bond motifs is 1. The van der Waals surface area contributed by atoms with E-state index in [1.165, 1.54) is 0 Å². The van der Waals surface area contributed by atoms with Crippen molar-refractivity contribution < 1.29 is 5.11 Å². The van der Waals surface area contributed by atoms with Crippen LogP contribution in [0.25, 0.3) is 83.9 Å². The summed E-state index contributed by atoms with van der Waals surface area (Å²) in [6.45, 7) is 13.1. The van der Waals surface area contributed by atoms with E-state index in [0.717, 1.165) is 77.9 Å². The summed E-state index contributed by atoms with van der Waals surface area (Å²) in [7, 11) is 0. The fourth-order valence-electron chi connectivity index (χ4n) is 8.38. The lowest BCUT2D eigenvalue weighted by Crippen LogP contribution is -2.17. The lowest BCUT2D eigenvalue weighted by molar-refractivity contribution is 0.446. The third-order valence-electron chi connectivity index (χ3n) is 11.7. The number of phenolic OH excluding ortho intramolecular Hbond substituents is 1. The summed E-state index contributed by atoms with van der Waals surface area (Å²) in [6.07, 6.45) is 1.81. The van der Waals surface area contributed by atoms with Gasteiger partial charge in [0.05, 0.1) is 39.6 Å². The Labute approximate surface area is 364 Å². The van der Waals surface area contributed by atoms with Crippen molar-refractivity contribution in [2.24, 2.45) is 0 Å². The van der Waals surface area contributed by atoms with Crippen molar-refractivity contribution in [3.05, 3.63) is 193 Å². The molecule has 5 nitrogen and oxygen atoms in total. The molecule has 0 spiro atoms. The number of aromatic hydroxyl groups is 1. The van der Waals surface area contributed by atoms with Crippen molar-refractivity contribution in [3.63, 3.8) is 0 Å². The number of imidazole rings is 1. The molecule has 0 saturated carbocycles. The first-order valence-corrected chi connectivity index (χ1v) is 21.1. The number of rotatable bonds is 7. The van der Waals surface area contributed by atoms with E-state index in [-0.39, 0.29) is 16.6 Å². The molecule has 0 aliphatic carbocycles. The molecule has 0 saturated heterocycles. The SMILES string of the molecule is CC(C)(C)c1cc(-c2nc3c(-c4cc(-c5ccccc5)cc(-c5cc(C#N)c(-c6ccccc6)cn5)c4)cccc3n2-c2ccccc2-c2ccccc2)c(O)c(C(C)(C)C)c1. The normalized spacial score (nSPS) is 11.8. The number of hydrogen-bond acceptors (Lipinski definition) is 4. The predicted octanol–water partition coefficient (Wildman–Crippen LogP) is 14.6. The number of pyridine rings is 1. The molecule has 9 aromatic rings. The average Bonchev–Trinajstić information content (AvgIpc) is 3.68. The molecule has 0 aliphatic rings. The minimum atomic E-state index is -0.336. The number of hydrogen-bond donors (Lipinski definition) is 1. The van der Waals surface area contributed by atoms with Crippen molar-refractivity contribution in [2.75, 3.05) is 0 Å². The molecule has 2 heterocycles. The van der Waals surface area contributed by atoms with Crippen LogP contribution in [0.4, 0.5) is 0 Å². The van der Waals surface area contributed by atoms with E-state index in [1.54, 1.807) is 6.20 Å². The standard InChI is InChI=1S/C57H48N4O/c1-56(2,3)44-33-47(54(62)49(34-44)57(4,5)6)55-60-53-46(26-18-28-52(53)61(55)51-27-17-16-25-45(51)38-21-12-8-13-22-38)41-29-40(37-19-10-7-11-20-37)30-42(31-41)50-32-43(35-58)48(36-59-50)39-23-14-9-15-24-39/h7-34,36,62H,1-6H3. The first kappa shape index (κ1) is 39.9. The van der Waals surface area contributed by atoms with Crippen molar-refractivity contribution in [3.8, 4) is 84.7 Å². The van der Waals surface area contributed by atoms with E-state index in [4.69, 9.17) is 9.97 Å². The largest absolute Gasteiger partial charge is 0.507 e. The summed E-state index contributed by atoms with van der Waals surface area (Å²) in [5.41, 5.74) is 14.8. The van der Waals surface area contributed by atoms with Gasteiger partial charge >= 0.3 is 0 Å². The maximum absolute atomic E-state index is 12.4. The highest BCUT2D eigenvalue weighted by molar-refractivity contribution is 5.98. The smallest absolute Gasteiger partial charge is 0.149 e. The van der Waals surface area contributed by atoms with Gasteiger partial charge < -0.3 is 5.11 Å². The van der Waals surface area contributed by atoms with Crippen molar-refractivity contribution >= 4 is 11.0 Å². The molecule has 0 aliphatic heterocycles. The molecular formula is C57H48N4O. The average molecular weight is 805 g/mol. The van der Waals surface area contributed by atoms with Gasteiger partial charge in [-0.3, -0.25) is 9.55 Å². The van der Waals surface area contributed by atoms with Crippen LogP contribution in [-0.4, -0.2) is 19.6 Å². The zero-order chi connectivity index (χ0) is 43.2. The Morgan fingerprint density at radius 2 is 1.10 bits per heavy atom. The second kappa shape index (κ2) is 15.8. The number of nitriles is 1. The third kappa shape index (κ3) is 7.46. The first-order valence-electron chi connectivity index (χ1n) is 21.1. The Kier molecular flexibility index (Phi) is 10.2. The highest BCUT2D eigenvalue weighted by Gasteiger charge is 2.29. The minimum absolute atomic E-state index is 0.195. The monoisotopic (exact) mass is 804 g/mol. The molecule has 0 bridgehead atoms. The summed E-state index contributed by atoms with van der Waals surface area (Å²) in [6, 6.07) is 60.6. The van der Waals surface area contributed by atoms with Gasteiger partial charge in [0.15, 0.2) is 0 Å². The van der Waals surface area contributed by atoms with Crippen LogP contribution in [0.15, 0.2) is 176 Å². The lowest BCUT2D eigenvalue weighted by Gasteiger charge is -2.27. The second-order valence-electron chi connectivity index (χ2n) is 18.0. The highest BCUT2D eigenvalue weighted by atomic mass is 16.3. The summed E-state index contributed by atoms with van der Waals surface area (Å²) >= 11 is 0. The molecule has 0 unspecified atom stereocenters. The Balaban J connectivity index is 1.34. The van der Waals surface area contributed by atoms with E-state index in [0.29, 0.717) is 22.6 Å². The molecule has 0 atom stereocenters. The maximum Gasteiger partial charge on any atom is 0.149 e. The lowest BCUT2D eigenvalue weighted by atomic mass is 9.79. The summed E-state index contributed by atoms with van der Waals surface area (Å²) in [5.74, 6) is 0.883. The number of aromatic nitrogens is 3. The van der Waals surface area contributed by atoms with Gasteiger partial charge in [-0.15, -0.1) is 0 Å². The van der Waals surface area contributed by atoms with E-state index < -0.39 is 0 Å². The van der Waals surface area contributed by atoms with E-state index in [2.05, 4.69) is 161 Å². The molecule has 302 valence electrons. The first-order chi connectivity index (χ1) is 29.9. The zero-order valence-electron chi connectivity index (χ0n) is 36.0. The molecule has 0 amide bonds. The summed E-state index contributed by atoms with van der Waals surface area (Å²) in [5, 5.41) is 22.8. The molecule has 0 fully saturated rings. The molecule has 5 heteroatoms. The number of phenols is 1. The van der Waals surface area contributed by atoms with Gasteiger partial charge in [0, 0.05) is 34.0 Å². The van der Waals surface area contributed by atoms with Crippen LogP contribution in [0.3, 0.4) is 0 Å². The fraction of sp³-hybridized carbons (Fsp3) is 0.140. The van der Waals surface area contributed by atoms with Gasteiger partial charge in [0.2, 0.25) is 0 Å². The molecule has 9 rings (SSSR count). The minimum Gasteiger partial charge on any atom is -0.507 e. The van der Waals surface area contributed by atoms with Crippen LogP contribution in [0.5, 0.6) is 5.75 Å². The van der Waals surface area contributed by atoms with Crippen molar-refractivity contribution in [2.45, 2.75) is 52.4 Å². The molecule has 7 aromatic carbocycles. The fourth-order valence-corrected chi connectivity index (χ4v) is 8.38.